The van der Waals surface area contributed by atoms with Gasteiger partial charge in [-0.15, -0.1) is 0 Å². The molecule has 21 heavy (non-hydrogen) atoms. The van der Waals surface area contributed by atoms with Crippen LogP contribution in [0.1, 0.15) is 15.9 Å². The van der Waals surface area contributed by atoms with Crippen LogP contribution in [0.3, 0.4) is 0 Å². The normalized spacial score (nSPS) is 10.0. The molecule has 0 heterocycles. The van der Waals surface area contributed by atoms with E-state index in [1.54, 1.807) is 18.2 Å². The summed E-state index contributed by atoms with van der Waals surface area (Å²) in [6, 6.07) is 9.90. The third kappa shape index (κ3) is 4.00. The minimum atomic E-state index is -0.572. The monoisotopic (exact) mass is 543 g/mol. The van der Waals surface area contributed by atoms with Crippen LogP contribution in [-0.2, 0) is 0 Å². The van der Waals surface area contributed by atoms with Crippen LogP contribution >= 0.6 is 68.4 Å². The number of nitrogens with zero attached hydrogens (tertiary/aromatic N) is 1. The third-order valence-corrected chi connectivity index (χ3v) is 4.62. The largest absolute Gasteiger partial charge is 0.421 e. The summed E-state index contributed by atoms with van der Waals surface area (Å²) in [5, 5.41) is 9.58. The first kappa shape index (κ1) is 16.8. The highest BCUT2D eigenvalue weighted by atomic mass is 127. The number of hydrogen-bond acceptors (Lipinski definition) is 3. The van der Waals surface area contributed by atoms with Gasteiger partial charge in [-0.3, -0.25) is 0 Å². The van der Waals surface area contributed by atoms with E-state index >= 15 is 0 Å². The Morgan fingerprint density at radius 3 is 2.29 bits per heavy atom. The van der Waals surface area contributed by atoms with Gasteiger partial charge in [-0.25, -0.2) is 4.79 Å². The number of ether oxygens (including phenoxy) is 1. The van der Waals surface area contributed by atoms with Crippen molar-refractivity contribution in [2.75, 3.05) is 0 Å². The van der Waals surface area contributed by atoms with Gasteiger partial charge in [0.05, 0.1) is 29.4 Å². The van der Waals surface area contributed by atoms with Gasteiger partial charge in [-0.05, 0) is 75.5 Å². The minimum absolute atomic E-state index is 0.228. The lowest BCUT2D eigenvalue weighted by molar-refractivity contribution is 0.0732. The summed E-state index contributed by atoms with van der Waals surface area (Å²) in [7, 11) is 0. The van der Waals surface area contributed by atoms with Crippen molar-refractivity contribution in [2.24, 2.45) is 0 Å². The fourth-order valence-electron chi connectivity index (χ4n) is 1.52. The van der Waals surface area contributed by atoms with Gasteiger partial charge in [-0.2, -0.15) is 5.26 Å². The minimum Gasteiger partial charge on any atom is -0.421 e. The standard InChI is InChI=1S/C14H5Cl2I2NO2/c15-8-1-2-9(10(16)5-8)14(20)21-13-11(17)3-7(6-19)4-12(13)18/h1-5H. The molecule has 0 unspecified atom stereocenters. The van der Waals surface area contributed by atoms with E-state index in [9.17, 15) is 4.79 Å². The molecular weight excluding hydrogens is 539 g/mol. The second kappa shape index (κ2) is 7.13. The number of nitriles is 1. The zero-order chi connectivity index (χ0) is 15.6. The van der Waals surface area contributed by atoms with Gasteiger partial charge in [0, 0.05) is 5.02 Å². The number of hydrogen-bond donors (Lipinski definition) is 0. The third-order valence-electron chi connectivity index (χ3n) is 2.47. The molecule has 0 N–H and O–H groups in total. The van der Waals surface area contributed by atoms with Crippen LogP contribution in [0, 0.1) is 18.5 Å². The maximum absolute atomic E-state index is 12.2. The van der Waals surface area contributed by atoms with Crippen molar-refractivity contribution in [3.63, 3.8) is 0 Å². The number of esters is 1. The van der Waals surface area contributed by atoms with Crippen LogP contribution in [0.15, 0.2) is 30.3 Å². The second-order valence-corrected chi connectivity index (χ2v) is 7.06. The topological polar surface area (TPSA) is 50.1 Å². The summed E-state index contributed by atoms with van der Waals surface area (Å²) in [5.41, 5.74) is 0.741. The molecule has 0 aliphatic rings. The SMILES string of the molecule is N#Cc1cc(I)c(OC(=O)c2ccc(Cl)cc2Cl)c(I)c1. The first-order chi connectivity index (χ1) is 9.92. The quantitative estimate of drug-likeness (QED) is 0.294. The number of carbonyl (C=O) groups is 1. The smallest absolute Gasteiger partial charge is 0.345 e. The van der Waals surface area contributed by atoms with E-state index in [0.717, 1.165) is 0 Å². The molecule has 2 aromatic rings. The molecule has 0 fully saturated rings. The zero-order valence-corrected chi connectivity index (χ0v) is 16.0. The summed E-state index contributed by atoms with van der Waals surface area (Å²) in [4.78, 5) is 12.2. The Hall–Kier alpha value is -0.560. The van der Waals surface area contributed by atoms with Crippen molar-refractivity contribution in [1.82, 2.24) is 0 Å². The molecule has 2 aromatic carbocycles. The van der Waals surface area contributed by atoms with Crippen molar-refractivity contribution in [2.45, 2.75) is 0 Å². The van der Waals surface area contributed by atoms with E-state index in [-0.39, 0.29) is 10.6 Å². The molecular formula is C14H5Cl2I2NO2. The fourth-order valence-corrected chi connectivity index (χ4v) is 4.00. The maximum atomic E-state index is 12.2. The summed E-state index contributed by atoms with van der Waals surface area (Å²) in [6.45, 7) is 0. The Kier molecular flexibility index (Phi) is 5.71. The molecule has 0 atom stereocenters. The van der Waals surface area contributed by atoms with Crippen LogP contribution in [0.4, 0.5) is 0 Å². The molecule has 0 aliphatic carbocycles. The van der Waals surface area contributed by atoms with Crippen molar-refractivity contribution >= 4 is 74.4 Å². The molecule has 3 nitrogen and oxygen atoms in total. The Morgan fingerprint density at radius 2 is 1.76 bits per heavy atom. The fraction of sp³-hybridized carbons (Fsp3) is 0. The average Bonchev–Trinajstić information content (AvgIpc) is 2.42. The Morgan fingerprint density at radius 1 is 1.14 bits per heavy atom. The lowest BCUT2D eigenvalue weighted by atomic mass is 10.2. The van der Waals surface area contributed by atoms with E-state index in [4.69, 9.17) is 33.2 Å². The van der Waals surface area contributed by atoms with Crippen LogP contribution < -0.4 is 4.74 Å². The maximum Gasteiger partial charge on any atom is 0.345 e. The highest BCUT2D eigenvalue weighted by Gasteiger charge is 2.17. The van der Waals surface area contributed by atoms with Crippen LogP contribution in [0.2, 0.25) is 10.0 Å². The molecule has 106 valence electrons. The van der Waals surface area contributed by atoms with Gasteiger partial charge >= 0.3 is 5.97 Å². The van der Waals surface area contributed by atoms with E-state index < -0.39 is 5.97 Å². The molecule has 0 saturated carbocycles. The van der Waals surface area contributed by atoms with Gasteiger partial charge in [-0.1, -0.05) is 23.2 Å². The van der Waals surface area contributed by atoms with Gasteiger partial charge in [0.25, 0.3) is 0 Å². The number of rotatable bonds is 2. The number of carbonyl (C=O) groups excluding carboxylic acids is 1. The van der Waals surface area contributed by atoms with Crippen molar-refractivity contribution in [3.05, 3.63) is 58.6 Å². The van der Waals surface area contributed by atoms with Crippen molar-refractivity contribution in [3.8, 4) is 11.8 Å². The predicted molar refractivity (Wildman–Crippen MR) is 98.0 cm³/mol. The lowest BCUT2D eigenvalue weighted by Crippen LogP contribution is -2.11. The Labute approximate surface area is 158 Å². The van der Waals surface area contributed by atoms with E-state index in [2.05, 4.69) is 6.07 Å². The second-order valence-electron chi connectivity index (χ2n) is 3.89. The van der Waals surface area contributed by atoms with Gasteiger partial charge in [0.15, 0.2) is 5.75 Å². The molecule has 0 aliphatic heterocycles. The molecule has 0 amide bonds. The van der Waals surface area contributed by atoms with Crippen LogP contribution in [-0.4, -0.2) is 5.97 Å². The van der Waals surface area contributed by atoms with Crippen molar-refractivity contribution < 1.29 is 9.53 Å². The van der Waals surface area contributed by atoms with E-state index in [0.29, 0.717) is 23.5 Å². The average molecular weight is 544 g/mol. The summed E-state index contributed by atoms with van der Waals surface area (Å²) in [6.07, 6.45) is 0. The molecule has 0 spiro atoms. The van der Waals surface area contributed by atoms with Crippen LogP contribution in [0.25, 0.3) is 0 Å². The highest BCUT2D eigenvalue weighted by Crippen LogP contribution is 2.30. The summed E-state index contributed by atoms with van der Waals surface area (Å²) < 4.78 is 6.74. The molecule has 0 radical (unpaired) electrons. The van der Waals surface area contributed by atoms with Crippen LogP contribution in [0.5, 0.6) is 5.75 Å². The Bertz CT molecular complexity index is 749. The number of halogens is 4. The summed E-state index contributed by atoms with van der Waals surface area (Å²) in [5.74, 6) is -0.163. The number of benzene rings is 2. The predicted octanol–water partition coefficient (Wildman–Crippen LogP) is 5.29. The Balaban J connectivity index is 2.34. The highest BCUT2D eigenvalue weighted by molar-refractivity contribution is 14.1. The van der Waals surface area contributed by atoms with E-state index in [1.165, 1.54) is 12.1 Å². The van der Waals surface area contributed by atoms with Gasteiger partial charge < -0.3 is 4.74 Å². The molecule has 0 aromatic heterocycles. The van der Waals surface area contributed by atoms with Gasteiger partial charge in [0.2, 0.25) is 0 Å². The lowest BCUT2D eigenvalue weighted by Gasteiger charge is -2.10. The van der Waals surface area contributed by atoms with E-state index in [1.807, 2.05) is 45.2 Å². The molecule has 0 bridgehead atoms. The molecule has 0 saturated heterocycles. The zero-order valence-electron chi connectivity index (χ0n) is 10.2. The molecule has 2 rings (SSSR count). The summed E-state index contributed by atoms with van der Waals surface area (Å²) >= 11 is 15.8. The first-order valence-electron chi connectivity index (χ1n) is 5.48. The van der Waals surface area contributed by atoms with Crippen molar-refractivity contribution in [1.29, 1.82) is 5.26 Å². The first-order valence-corrected chi connectivity index (χ1v) is 8.40. The van der Waals surface area contributed by atoms with Gasteiger partial charge in [0.1, 0.15) is 0 Å². The molecule has 7 heteroatoms.